The van der Waals surface area contributed by atoms with Crippen molar-refractivity contribution in [2.75, 3.05) is 14.2 Å². The SMILES string of the molecule is COc1c(CC(C)=O)cc(C(C)C)c(OC)c1Br. The number of ketones is 1. The molecule has 0 aromatic heterocycles. The van der Waals surface area contributed by atoms with Crippen molar-refractivity contribution in [2.24, 2.45) is 0 Å². The Kier molecular flexibility index (Phi) is 5.20. The average molecular weight is 315 g/mol. The summed E-state index contributed by atoms with van der Waals surface area (Å²) in [4.78, 5) is 11.3. The molecule has 3 nitrogen and oxygen atoms in total. The Morgan fingerprint density at radius 3 is 2.22 bits per heavy atom. The van der Waals surface area contributed by atoms with Gasteiger partial charge in [-0.15, -0.1) is 0 Å². The molecule has 0 saturated heterocycles. The summed E-state index contributed by atoms with van der Waals surface area (Å²) in [5.41, 5.74) is 1.96. The normalized spacial score (nSPS) is 10.6. The maximum atomic E-state index is 11.3. The molecule has 1 rings (SSSR count). The predicted molar refractivity (Wildman–Crippen MR) is 75.7 cm³/mol. The first kappa shape index (κ1) is 15.0. The quantitative estimate of drug-likeness (QED) is 0.831. The molecule has 0 N–H and O–H groups in total. The van der Waals surface area contributed by atoms with Crippen molar-refractivity contribution in [3.8, 4) is 11.5 Å². The monoisotopic (exact) mass is 314 g/mol. The first-order valence-corrected chi connectivity index (χ1v) is 6.64. The van der Waals surface area contributed by atoms with Gasteiger partial charge in [0.05, 0.1) is 14.2 Å². The molecule has 0 radical (unpaired) electrons. The Hall–Kier alpha value is -1.03. The lowest BCUT2D eigenvalue weighted by molar-refractivity contribution is -0.116. The number of carbonyl (C=O) groups is 1. The van der Waals surface area contributed by atoms with E-state index in [2.05, 4.69) is 29.8 Å². The number of hydrogen-bond acceptors (Lipinski definition) is 3. The van der Waals surface area contributed by atoms with Gasteiger partial charge >= 0.3 is 0 Å². The largest absolute Gasteiger partial charge is 0.495 e. The van der Waals surface area contributed by atoms with E-state index in [4.69, 9.17) is 9.47 Å². The fraction of sp³-hybridized carbons (Fsp3) is 0.500. The van der Waals surface area contributed by atoms with Crippen molar-refractivity contribution in [1.29, 1.82) is 0 Å². The lowest BCUT2D eigenvalue weighted by Crippen LogP contribution is -2.05. The van der Waals surface area contributed by atoms with Crippen LogP contribution in [0.5, 0.6) is 11.5 Å². The first-order chi connectivity index (χ1) is 8.42. The Morgan fingerprint density at radius 1 is 1.28 bits per heavy atom. The summed E-state index contributed by atoms with van der Waals surface area (Å²) in [6, 6.07) is 1.99. The predicted octanol–water partition coefficient (Wildman–Crippen LogP) is 3.72. The lowest BCUT2D eigenvalue weighted by Gasteiger charge is -2.19. The third-order valence-electron chi connectivity index (χ3n) is 2.75. The van der Waals surface area contributed by atoms with Gasteiger partial charge in [0.25, 0.3) is 0 Å². The number of benzene rings is 1. The smallest absolute Gasteiger partial charge is 0.140 e. The van der Waals surface area contributed by atoms with E-state index in [-0.39, 0.29) is 5.78 Å². The van der Waals surface area contributed by atoms with E-state index in [9.17, 15) is 4.79 Å². The van der Waals surface area contributed by atoms with Gasteiger partial charge in [-0.3, -0.25) is 4.79 Å². The van der Waals surface area contributed by atoms with Crippen LogP contribution in [0, 0.1) is 0 Å². The number of halogens is 1. The molecule has 0 fully saturated rings. The van der Waals surface area contributed by atoms with Crippen LogP contribution in [0.25, 0.3) is 0 Å². The van der Waals surface area contributed by atoms with Gasteiger partial charge in [0, 0.05) is 12.0 Å². The molecule has 0 unspecified atom stereocenters. The molecule has 1 aromatic rings. The number of methoxy groups -OCH3 is 2. The minimum atomic E-state index is 0.111. The van der Waals surface area contributed by atoms with Gasteiger partial charge < -0.3 is 9.47 Å². The number of carbonyl (C=O) groups excluding carboxylic acids is 1. The maximum Gasteiger partial charge on any atom is 0.140 e. The molecule has 0 heterocycles. The molecule has 0 spiro atoms. The second-order valence-electron chi connectivity index (χ2n) is 4.54. The molecule has 0 saturated carbocycles. The highest BCUT2D eigenvalue weighted by Crippen LogP contribution is 2.42. The first-order valence-electron chi connectivity index (χ1n) is 5.85. The molecule has 0 aliphatic rings. The highest BCUT2D eigenvalue weighted by molar-refractivity contribution is 9.10. The van der Waals surface area contributed by atoms with Crippen LogP contribution < -0.4 is 9.47 Å². The molecule has 100 valence electrons. The molecule has 0 bridgehead atoms. The van der Waals surface area contributed by atoms with Crippen LogP contribution in [0.15, 0.2) is 10.5 Å². The molecule has 18 heavy (non-hydrogen) atoms. The van der Waals surface area contributed by atoms with E-state index in [1.807, 2.05) is 6.07 Å². The number of ether oxygens (including phenoxy) is 2. The number of hydrogen-bond donors (Lipinski definition) is 0. The summed E-state index contributed by atoms with van der Waals surface area (Å²) in [5, 5.41) is 0. The second kappa shape index (κ2) is 6.23. The van der Waals surface area contributed by atoms with E-state index in [0.717, 1.165) is 21.3 Å². The van der Waals surface area contributed by atoms with Crippen molar-refractivity contribution in [1.82, 2.24) is 0 Å². The van der Waals surface area contributed by atoms with Gasteiger partial charge in [-0.1, -0.05) is 13.8 Å². The Labute approximate surface area is 117 Å². The molecule has 1 aromatic carbocycles. The van der Waals surface area contributed by atoms with Gasteiger partial charge in [-0.2, -0.15) is 0 Å². The standard InChI is InChI=1S/C14H19BrO3/c1-8(2)11-7-10(6-9(3)16)13(17-4)12(15)14(11)18-5/h7-8H,6H2,1-5H3. The van der Waals surface area contributed by atoms with Gasteiger partial charge in [0.2, 0.25) is 0 Å². The topological polar surface area (TPSA) is 35.5 Å². The van der Waals surface area contributed by atoms with Gasteiger partial charge in [-0.05, 0) is 40.4 Å². The highest BCUT2D eigenvalue weighted by Gasteiger charge is 2.20. The molecule has 4 heteroatoms. The van der Waals surface area contributed by atoms with Gasteiger partial charge in [0.15, 0.2) is 0 Å². The maximum absolute atomic E-state index is 11.3. The van der Waals surface area contributed by atoms with Crippen LogP contribution >= 0.6 is 15.9 Å². The van der Waals surface area contributed by atoms with Crippen LogP contribution in [0.3, 0.4) is 0 Å². The molecule has 0 aliphatic carbocycles. The lowest BCUT2D eigenvalue weighted by atomic mass is 9.97. The summed E-state index contributed by atoms with van der Waals surface area (Å²) in [5.74, 6) is 1.87. The fourth-order valence-electron chi connectivity index (χ4n) is 1.95. The second-order valence-corrected chi connectivity index (χ2v) is 5.33. The third-order valence-corrected chi connectivity index (χ3v) is 3.47. The van der Waals surface area contributed by atoms with Crippen LogP contribution in [0.4, 0.5) is 0 Å². The fourth-order valence-corrected chi connectivity index (χ4v) is 2.75. The van der Waals surface area contributed by atoms with Crippen molar-refractivity contribution < 1.29 is 14.3 Å². The third kappa shape index (κ3) is 3.05. The van der Waals surface area contributed by atoms with Crippen molar-refractivity contribution >= 4 is 21.7 Å². The van der Waals surface area contributed by atoms with Gasteiger partial charge in [-0.25, -0.2) is 0 Å². The number of Topliss-reactive ketones (excluding diaryl/α,β-unsaturated/α-hetero) is 1. The Morgan fingerprint density at radius 2 is 1.83 bits per heavy atom. The number of rotatable bonds is 5. The minimum Gasteiger partial charge on any atom is -0.495 e. The molecular formula is C14H19BrO3. The van der Waals surface area contributed by atoms with Crippen LogP contribution in [0.1, 0.15) is 37.8 Å². The Bertz CT molecular complexity index is 453. The van der Waals surface area contributed by atoms with Crippen molar-refractivity contribution in [3.63, 3.8) is 0 Å². The summed E-state index contributed by atoms with van der Waals surface area (Å²) < 4.78 is 11.6. The van der Waals surface area contributed by atoms with E-state index in [0.29, 0.717) is 18.1 Å². The van der Waals surface area contributed by atoms with E-state index >= 15 is 0 Å². The molecule has 0 amide bonds. The highest BCUT2D eigenvalue weighted by atomic mass is 79.9. The van der Waals surface area contributed by atoms with Crippen molar-refractivity contribution in [2.45, 2.75) is 33.1 Å². The summed E-state index contributed by atoms with van der Waals surface area (Å²) in [6.07, 6.45) is 0.367. The van der Waals surface area contributed by atoms with E-state index in [1.54, 1.807) is 21.1 Å². The molecule has 0 atom stereocenters. The Balaban J connectivity index is 3.47. The van der Waals surface area contributed by atoms with Crippen LogP contribution in [0.2, 0.25) is 0 Å². The zero-order chi connectivity index (χ0) is 13.9. The van der Waals surface area contributed by atoms with Crippen molar-refractivity contribution in [3.05, 3.63) is 21.7 Å². The van der Waals surface area contributed by atoms with E-state index < -0.39 is 0 Å². The average Bonchev–Trinajstić information content (AvgIpc) is 2.27. The summed E-state index contributed by atoms with van der Waals surface area (Å²) in [7, 11) is 3.23. The molecular weight excluding hydrogens is 296 g/mol. The summed E-state index contributed by atoms with van der Waals surface area (Å²) in [6.45, 7) is 5.76. The zero-order valence-electron chi connectivity index (χ0n) is 11.5. The zero-order valence-corrected chi connectivity index (χ0v) is 13.1. The summed E-state index contributed by atoms with van der Waals surface area (Å²) >= 11 is 3.50. The van der Waals surface area contributed by atoms with E-state index in [1.165, 1.54) is 0 Å². The van der Waals surface area contributed by atoms with Gasteiger partial charge in [0.1, 0.15) is 21.8 Å². The minimum absolute atomic E-state index is 0.111. The van der Waals surface area contributed by atoms with Crippen LogP contribution in [-0.2, 0) is 11.2 Å². The van der Waals surface area contributed by atoms with Crippen LogP contribution in [-0.4, -0.2) is 20.0 Å². The molecule has 0 aliphatic heterocycles.